The highest BCUT2D eigenvalue weighted by molar-refractivity contribution is 6.11. The van der Waals surface area contributed by atoms with Crippen LogP contribution in [0, 0.1) is 0 Å². The zero-order chi connectivity index (χ0) is 13.9. The molecule has 3 aromatic rings. The molecule has 2 aromatic carbocycles. The summed E-state index contributed by atoms with van der Waals surface area (Å²) in [6.45, 7) is 1.89. The Morgan fingerprint density at radius 2 is 1.75 bits per heavy atom. The van der Waals surface area contributed by atoms with Crippen molar-refractivity contribution < 1.29 is 4.79 Å². The number of hydrogen-bond acceptors (Lipinski definition) is 2. The molecule has 3 rings (SSSR count). The third-order valence-electron chi connectivity index (χ3n) is 3.40. The van der Waals surface area contributed by atoms with E-state index in [0.717, 1.165) is 22.2 Å². The monoisotopic (exact) mass is 264 g/mol. The summed E-state index contributed by atoms with van der Waals surface area (Å²) in [6, 6.07) is 17.3. The fraction of sp³-hybridized carbons (Fsp3) is 0.118. The third-order valence-corrected chi connectivity index (χ3v) is 3.40. The van der Waals surface area contributed by atoms with Gasteiger partial charge in [-0.15, -0.1) is 0 Å². The molecule has 1 aromatic heterocycles. The molecule has 0 aliphatic carbocycles. The number of ketones is 1. The first-order chi connectivity index (χ1) is 9.75. The highest BCUT2D eigenvalue weighted by atomic mass is 16.1. The van der Waals surface area contributed by atoms with Crippen molar-refractivity contribution in [3.8, 4) is 0 Å². The second-order valence-electron chi connectivity index (χ2n) is 4.84. The maximum Gasteiger partial charge on any atom is 0.186 e. The fourth-order valence-corrected chi connectivity index (χ4v) is 2.36. The smallest absolute Gasteiger partial charge is 0.186 e. The van der Waals surface area contributed by atoms with E-state index >= 15 is 0 Å². The number of Topliss-reactive ketones (excluding diaryl/α,β-unsaturated/α-hetero) is 1. The number of nitrogens with one attached hydrogen (secondary N) is 2. The number of rotatable bonds is 4. The van der Waals surface area contributed by atoms with Crippen LogP contribution in [0.15, 0.2) is 60.8 Å². The van der Waals surface area contributed by atoms with Gasteiger partial charge in [0.2, 0.25) is 0 Å². The number of carbonyl (C=O) groups is 1. The Balaban J connectivity index is 1.85. The van der Waals surface area contributed by atoms with Crippen molar-refractivity contribution in [2.45, 2.75) is 13.0 Å². The van der Waals surface area contributed by atoms with Gasteiger partial charge in [0.1, 0.15) is 0 Å². The topological polar surface area (TPSA) is 44.9 Å². The van der Waals surface area contributed by atoms with E-state index in [1.165, 1.54) is 0 Å². The summed E-state index contributed by atoms with van der Waals surface area (Å²) >= 11 is 0. The summed E-state index contributed by atoms with van der Waals surface area (Å²) in [5.41, 5.74) is 2.67. The molecule has 0 aliphatic heterocycles. The lowest BCUT2D eigenvalue weighted by atomic mass is 10.0. The molecule has 1 unspecified atom stereocenters. The molecular formula is C17H16N2O. The van der Waals surface area contributed by atoms with Crippen LogP contribution in [0.25, 0.3) is 10.9 Å². The maximum absolute atomic E-state index is 12.5. The van der Waals surface area contributed by atoms with Gasteiger partial charge in [-0.3, -0.25) is 4.79 Å². The summed E-state index contributed by atoms with van der Waals surface area (Å²) < 4.78 is 0. The lowest BCUT2D eigenvalue weighted by Crippen LogP contribution is -2.25. The molecule has 0 fully saturated rings. The maximum atomic E-state index is 12.5. The van der Waals surface area contributed by atoms with Crippen LogP contribution in [0.2, 0.25) is 0 Å². The SMILES string of the molecule is CC(Nc1ccccc1)C(=O)c1c[nH]c2ccccc12. The van der Waals surface area contributed by atoms with E-state index in [2.05, 4.69) is 10.3 Å². The Morgan fingerprint density at radius 1 is 1.05 bits per heavy atom. The zero-order valence-corrected chi connectivity index (χ0v) is 11.3. The van der Waals surface area contributed by atoms with Gasteiger partial charge in [0, 0.05) is 28.4 Å². The molecule has 0 bridgehead atoms. The van der Waals surface area contributed by atoms with E-state index in [1.807, 2.05) is 61.5 Å². The van der Waals surface area contributed by atoms with Gasteiger partial charge >= 0.3 is 0 Å². The molecule has 1 atom stereocenters. The fourth-order valence-electron chi connectivity index (χ4n) is 2.36. The number of para-hydroxylation sites is 2. The van der Waals surface area contributed by atoms with Crippen LogP contribution in [-0.4, -0.2) is 16.8 Å². The highest BCUT2D eigenvalue weighted by Gasteiger charge is 2.18. The first kappa shape index (κ1) is 12.5. The minimum Gasteiger partial charge on any atom is -0.375 e. The van der Waals surface area contributed by atoms with Gasteiger partial charge < -0.3 is 10.3 Å². The van der Waals surface area contributed by atoms with Crippen LogP contribution in [0.5, 0.6) is 0 Å². The first-order valence-corrected chi connectivity index (χ1v) is 6.67. The van der Waals surface area contributed by atoms with E-state index < -0.39 is 0 Å². The summed E-state index contributed by atoms with van der Waals surface area (Å²) in [7, 11) is 0. The lowest BCUT2D eigenvalue weighted by Gasteiger charge is -2.13. The van der Waals surface area contributed by atoms with E-state index in [1.54, 1.807) is 6.20 Å². The van der Waals surface area contributed by atoms with E-state index in [9.17, 15) is 4.79 Å². The lowest BCUT2D eigenvalue weighted by molar-refractivity contribution is 0.0977. The Morgan fingerprint density at radius 3 is 2.55 bits per heavy atom. The highest BCUT2D eigenvalue weighted by Crippen LogP contribution is 2.20. The third kappa shape index (κ3) is 2.30. The summed E-state index contributed by atoms with van der Waals surface area (Å²) in [5, 5.41) is 4.20. The Hall–Kier alpha value is -2.55. The molecule has 0 aliphatic rings. The molecule has 3 heteroatoms. The number of hydrogen-bond donors (Lipinski definition) is 2. The van der Waals surface area contributed by atoms with Crippen LogP contribution >= 0.6 is 0 Å². The molecule has 0 radical (unpaired) electrons. The number of carbonyl (C=O) groups excluding carboxylic acids is 1. The van der Waals surface area contributed by atoms with Gasteiger partial charge in [-0.2, -0.15) is 0 Å². The molecule has 0 saturated carbocycles. The van der Waals surface area contributed by atoms with Crippen LogP contribution in [-0.2, 0) is 0 Å². The summed E-state index contributed by atoms with van der Waals surface area (Å²) in [5.74, 6) is 0.0892. The number of aromatic nitrogens is 1. The van der Waals surface area contributed by atoms with Crippen molar-refractivity contribution >= 4 is 22.4 Å². The predicted octanol–water partition coefficient (Wildman–Crippen LogP) is 3.85. The first-order valence-electron chi connectivity index (χ1n) is 6.67. The number of fused-ring (bicyclic) bond motifs is 1. The number of benzene rings is 2. The quantitative estimate of drug-likeness (QED) is 0.703. The molecule has 2 N–H and O–H groups in total. The van der Waals surface area contributed by atoms with Crippen molar-refractivity contribution in [2.75, 3.05) is 5.32 Å². The second kappa shape index (κ2) is 5.21. The van der Waals surface area contributed by atoms with Crippen molar-refractivity contribution in [2.24, 2.45) is 0 Å². The molecule has 20 heavy (non-hydrogen) atoms. The molecular weight excluding hydrogens is 248 g/mol. The minimum atomic E-state index is -0.267. The van der Waals surface area contributed by atoms with Crippen LogP contribution in [0.1, 0.15) is 17.3 Å². The van der Waals surface area contributed by atoms with Gasteiger partial charge in [-0.25, -0.2) is 0 Å². The van der Waals surface area contributed by atoms with Gasteiger partial charge in [0.05, 0.1) is 6.04 Å². The second-order valence-corrected chi connectivity index (χ2v) is 4.84. The predicted molar refractivity (Wildman–Crippen MR) is 82.2 cm³/mol. The van der Waals surface area contributed by atoms with Crippen LogP contribution in [0.4, 0.5) is 5.69 Å². The van der Waals surface area contributed by atoms with E-state index in [4.69, 9.17) is 0 Å². The largest absolute Gasteiger partial charge is 0.375 e. The molecule has 100 valence electrons. The van der Waals surface area contributed by atoms with E-state index in [0.29, 0.717) is 0 Å². The Kier molecular flexibility index (Phi) is 3.25. The summed E-state index contributed by atoms with van der Waals surface area (Å²) in [4.78, 5) is 15.7. The van der Waals surface area contributed by atoms with Gasteiger partial charge in [0.25, 0.3) is 0 Å². The number of anilines is 1. The standard InChI is InChI=1S/C17H16N2O/c1-12(19-13-7-3-2-4-8-13)17(20)15-11-18-16-10-6-5-9-14(15)16/h2-12,18-19H,1H3. The average Bonchev–Trinajstić information content (AvgIpc) is 2.91. The van der Waals surface area contributed by atoms with Crippen LogP contribution < -0.4 is 5.32 Å². The molecule has 1 heterocycles. The van der Waals surface area contributed by atoms with Crippen molar-refractivity contribution in [1.82, 2.24) is 4.98 Å². The minimum absolute atomic E-state index is 0.0892. The van der Waals surface area contributed by atoms with Gasteiger partial charge in [-0.1, -0.05) is 36.4 Å². The van der Waals surface area contributed by atoms with E-state index in [-0.39, 0.29) is 11.8 Å². The summed E-state index contributed by atoms with van der Waals surface area (Å²) in [6.07, 6.45) is 1.79. The van der Waals surface area contributed by atoms with Gasteiger partial charge in [-0.05, 0) is 25.1 Å². The average molecular weight is 264 g/mol. The zero-order valence-electron chi connectivity index (χ0n) is 11.3. The molecule has 0 saturated heterocycles. The van der Waals surface area contributed by atoms with Crippen molar-refractivity contribution in [3.05, 3.63) is 66.4 Å². The molecule has 3 nitrogen and oxygen atoms in total. The normalized spacial score (nSPS) is 12.2. The Bertz CT molecular complexity index is 731. The van der Waals surface area contributed by atoms with Crippen molar-refractivity contribution in [3.63, 3.8) is 0 Å². The van der Waals surface area contributed by atoms with Crippen LogP contribution in [0.3, 0.4) is 0 Å². The van der Waals surface area contributed by atoms with Gasteiger partial charge in [0.15, 0.2) is 5.78 Å². The Labute approximate surface area is 117 Å². The van der Waals surface area contributed by atoms with Crippen molar-refractivity contribution in [1.29, 1.82) is 0 Å². The molecule has 0 spiro atoms. The molecule has 0 amide bonds. The number of aromatic amines is 1. The number of H-pyrrole nitrogens is 1.